The van der Waals surface area contributed by atoms with Crippen molar-refractivity contribution in [2.24, 2.45) is 0 Å². The van der Waals surface area contributed by atoms with Crippen LogP contribution in [0.2, 0.25) is 0 Å². The van der Waals surface area contributed by atoms with E-state index < -0.39 is 0 Å². The number of nitrogens with one attached hydrogen (secondary N) is 2. The van der Waals surface area contributed by atoms with E-state index in [-0.39, 0.29) is 29.5 Å². The Morgan fingerprint density at radius 1 is 1.12 bits per heavy atom. The minimum Gasteiger partial charge on any atom is -0.488 e. The molecule has 2 atom stereocenters. The smallest absolute Gasteiger partial charge is 0.315 e. The van der Waals surface area contributed by atoms with E-state index in [1.54, 1.807) is 0 Å². The second-order valence-corrected chi connectivity index (χ2v) is 8.32. The monoisotopic (exact) mass is 357 g/mol. The van der Waals surface area contributed by atoms with Gasteiger partial charge in [0, 0.05) is 37.2 Å². The Kier molecular flexibility index (Phi) is 4.29. The number of carbonyl (C=O) groups is 2. The molecule has 140 valence electrons. The molecule has 2 unspecified atom stereocenters. The lowest BCUT2D eigenvalue weighted by molar-refractivity contribution is -0.133. The standard InChI is InChI=1S/C20H27N3O3/c1-20(2)11-16(15-5-3-4-6-17(15)26-20)18(24)23-10-9-14(12-23)22-19(25)21-13-7-8-13/h3-6,13-14,16H,7-12H2,1-2H3,(H2,21,22,25). The predicted octanol–water partition coefficient (Wildman–Crippen LogP) is 2.39. The molecular weight excluding hydrogens is 330 g/mol. The van der Waals surface area contributed by atoms with Gasteiger partial charge in [0.2, 0.25) is 5.91 Å². The number of nitrogens with zero attached hydrogens (tertiary/aromatic N) is 1. The molecule has 0 bridgehead atoms. The van der Waals surface area contributed by atoms with E-state index >= 15 is 0 Å². The molecule has 2 aliphatic heterocycles. The van der Waals surface area contributed by atoms with E-state index in [1.165, 1.54) is 0 Å². The van der Waals surface area contributed by atoms with Gasteiger partial charge >= 0.3 is 6.03 Å². The maximum atomic E-state index is 13.2. The number of amides is 3. The normalized spacial score (nSPS) is 26.6. The van der Waals surface area contributed by atoms with E-state index in [4.69, 9.17) is 4.74 Å². The second-order valence-electron chi connectivity index (χ2n) is 8.32. The van der Waals surface area contributed by atoms with Crippen molar-refractivity contribution in [3.05, 3.63) is 29.8 Å². The van der Waals surface area contributed by atoms with Crippen molar-refractivity contribution >= 4 is 11.9 Å². The molecule has 6 nitrogen and oxygen atoms in total. The number of carbonyl (C=O) groups excluding carboxylic acids is 2. The van der Waals surface area contributed by atoms with E-state index in [9.17, 15) is 9.59 Å². The number of hydrogen-bond acceptors (Lipinski definition) is 3. The molecule has 6 heteroatoms. The van der Waals surface area contributed by atoms with Gasteiger partial charge in [0.25, 0.3) is 0 Å². The van der Waals surface area contributed by atoms with Crippen molar-refractivity contribution in [1.82, 2.24) is 15.5 Å². The van der Waals surface area contributed by atoms with Gasteiger partial charge in [0.05, 0.1) is 5.92 Å². The first-order valence-electron chi connectivity index (χ1n) is 9.55. The van der Waals surface area contributed by atoms with Crippen LogP contribution in [0.3, 0.4) is 0 Å². The largest absolute Gasteiger partial charge is 0.488 e. The number of fused-ring (bicyclic) bond motifs is 1. The van der Waals surface area contributed by atoms with E-state index in [2.05, 4.69) is 10.6 Å². The first kappa shape index (κ1) is 17.2. The van der Waals surface area contributed by atoms with Crippen LogP contribution in [-0.2, 0) is 4.79 Å². The van der Waals surface area contributed by atoms with Crippen LogP contribution in [0.25, 0.3) is 0 Å². The molecule has 0 spiro atoms. The van der Waals surface area contributed by atoms with Gasteiger partial charge in [0.15, 0.2) is 0 Å². The summed E-state index contributed by atoms with van der Waals surface area (Å²) in [5.74, 6) is 0.759. The van der Waals surface area contributed by atoms with Gasteiger partial charge in [-0.1, -0.05) is 18.2 Å². The lowest BCUT2D eigenvalue weighted by atomic mass is 9.83. The number of urea groups is 1. The fourth-order valence-corrected chi connectivity index (χ4v) is 3.96. The molecule has 2 N–H and O–H groups in total. The van der Waals surface area contributed by atoms with Gasteiger partial charge in [-0.3, -0.25) is 4.79 Å². The lowest BCUT2D eigenvalue weighted by Gasteiger charge is -2.38. The van der Waals surface area contributed by atoms with Crippen LogP contribution in [0.1, 0.15) is 51.0 Å². The van der Waals surface area contributed by atoms with Crippen LogP contribution in [0.15, 0.2) is 24.3 Å². The highest BCUT2D eigenvalue weighted by atomic mass is 16.5. The Labute approximate surface area is 154 Å². The number of hydrogen-bond donors (Lipinski definition) is 2. The molecule has 0 aromatic heterocycles. The number of likely N-dealkylation sites (tertiary alicyclic amines) is 1. The molecule has 2 fully saturated rings. The third-order valence-corrected chi connectivity index (χ3v) is 5.42. The van der Waals surface area contributed by atoms with Crippen LogP contribution in [-0.4, -0.2) is 47.6 Å². The van der Waals surface area contributed by atoms with Crippen LogP contribution >= 0.6 is 0 Å². The Morgan fingerprint density at radius 2 is 1.85 bits per heavy atom. The minimum atomic E-state index is -0.365. The van der Waals surface area contributed by atoms with Crippen molar-refractivity contribution in [3.63, 3.8) is 0 Å². The Balaban J connectivity index is 1.42. The number of ether oxygens (including phenoxy) is 1. The summed E-state index contributed by atoms with van der Waals surface area (Å²) < 4.78 is 6.04. The zero-order chi connectivity index (χ0) is 18.3. The van der Waals surface area contributed by atoms with E-state index in [0.717, 1.165) is 30.6 Å². The molecule has 2 heterocycles. The molecule has 1 saturated carbocycles. The zero-order valence-electron chi connectivity index (χ0n) is 15.5. The highest BCUT2D eigenvalue weighted by Crippen LogP contribution is 2.41. The molecule has 1 aromatic carbocycles. The predicted molar refractivity (Wildman–Crippen MR) is 98.2 cm³/mol. The van der Waals surface area contributed by atoms with Crippen molar-refractivity contribution in [3.8, 4) is 5.75 Å². The summed E-state index contributed by atoms with van der Waals surface area (Å²) in [5.41, 5.74) is 0.607. The Bertz CT molecular complexity index is 714. The summed E-state index contributed by atoms with van der Waals surface area (Å²) in [6, 6.07) is 8.09. The third kappa shape index (κ3) is 3.64. The summed E-state index contributed by atoms with van der Waals surface area (Å²) in [6.07, 6.45) is 3.61. The zero-order valence-corrected chi connectivity index (χ0v) is 15.5. The molecule has 3 aliphatic rings. The lowest BCUT2D eigenvalue weighted by Crippen LogP contribution is -2.46. The van der Waals surface area contributed by atoms with Gasteiger partial charge < -0.3 is 20.3 Å². The van der Waals surface area contributed by atoms with Crippen LogP contribution in [0.5, 0.6) is 5.75 Å². The molecule has 1 aliphatic carbocycles. The van der Waals surface area contributed by atoms with Crippen LogP contribution in [0, 0.1) is 0 Å². The summed E-state index contributed by atoms with van der Waals surface area (Å²) in [6.45, 7) is 5.32. The van der Waals surface area contributed by atoms with Crippen molar-refractivity contribution in [2.75, 3.05) is 13.1 Å². The summed E-state index contributed by atoms with van der Waals surface area (Å²) in [7, 11) is 0. The highest BCUT2D eigenvalue weighted by Gasteiger charge is 2.40. The molecule has 0 radical (unpaired) electrons. The fourth-order valence-electron chi connectivity index (χ4n) is 3.96. The molecule has 4 rings (SSSR count). The van der Waals surface area contributed by atoms with Gasteiger partial charge in [-0.05, 0) is 39.2 Å². The van der Waals surface area contributed by atoms with Crippen molar-refractivity contribution < 1.29 is 14.3 Å². The molecule has 3 amide bonds. The Morgan fingerprint density at radius 3 is 2.62 bits per heavy atom. The average Bonchev–Trinajstić information content (AvgIpc) is 3.27. The number of para-hydroxylation sites is 1. The average molecular weight is 357 g/mol. The maximum Gasteiger partial charge on any atom is 0.315 e. The van der Waals surface area contributed by atoms with Crippen LogP contribution < -0.4 is 15.4 Å². The summed E-state index contributed by atoms with van der Waals surface area (Å²) in [5, 5.41) is 5.95. The molecule has 26 heavy (non-hydrogen) atoms. The topological polar surface area (TPSA) is 70.7 Å². The minimum absolute atomic E-state index is 0.0285. The third-order valence-electron chi connectivity index (χ3n) is 5.42. The first-order chi connectivity index (χ1) is 12.4. The SMILES string of the molecule is CC1(C)CC(C(=O)N2CCC(NC(=O)NC3CC3)C2)c2ccccc2O1. The van der Waals surface area contributed by atoms with Gasteiger partial charge in [-0.2, -0.15) is 0 Å². The Hall–Kier alpha value is -2.24. The second kappa shape index (κ2) is 6.49. The maximum absolute atomic E-state index is 13.2. The summed E-state index contributed by atoms with van der Waals surface area (Å²) in [4.78, 5) is 27.0. The van der Waals surface area contributed by atoms with Gasteiger partial charge in [0.1, 0.15) is 11.4 Å². The van der Waals surface area contributed by atoms with Crippen molar-refractivity contribution in [2.45, 2.75) is 63.1 Å². The van der Waals surface area contributed by atoms with Crippen LogP contribution in [0.4, 0.5) is 4.79 Å². The number of benzene rings is 1. The summed E-state index contributed by atoms with van der Waals surface area (Å²) >= 11 is 0. The highest BCUT2D eigenvalue weighted by molar-refractivity contribution is 5.85. The molecule has 1 aromatic rings. The molecule has 1 saturated heterocycles. The fraction of sp³-hybridized carbons (Fsp3) is 0.600. The first-order valence-corrected chi connectivity index (χ1v) is 9.55. The quantitative estimate of drug-likeness (QED) is 0.873. The number of rotatable bonds is 3. The van der Waals surface area contributed by atoms with Crippen molar-refractivity contribution in [1.29, 1.82) is 0 Å². The van der Waals surface area contributed by atoms with Gasteiger partial charge in [-0.15, -0.1) is 0 Å². The van der Waals surface area contributed by atoms with E-state index in [1.807, 2.05) is 43.0 Å². The molecular formula is C20H27N3O3. The van der Waals surface area contributed by atoms with Gasteiger partial charge in [-0.25, -0.2) is 4.79 Å². The van der Waals surface area contributed by atoms with E-state index in [0.29, 0.717) is 25.6 Å².